The molecule has 0 aliphatic heterocycles. The molecule has 18 heavy (non-hydrogen) atoms. The largest absolute Gasteiger partial charge is 0.416 e. The molecule has 0 spiro atoms. The molecule has 0 amide bonds. The highest BCUT2D eigenvalue weighted by molar-refractivity contribution is 6.31. The Hall–Kier alpha value is -1.54. The van der Waals surface area contributed by atoms with Gasteiger partial charge in [0.1, 0.15) is 5.69 Å². The normalized spacial score (nSPS) is 13.2. The molecule has 0 fully saturated rings. The molecule has 1 unspecified atom stereocenters. The number of aliphatic hydroxyl groups is 1. The Morgan fingerprint density at radius 1 is 1.50 bits per heavy atom. The van der Waals surface area contributed by atoms with Crippen LogP contribution in [0.15, 0.2) is 18.2 Å². The predicted octanol–water partition coefficient (Wildman–Crippen LogP) is 2.58. The lowest BCUT2D eigenvalue weighted by Crippen LogP contribution is -2.35. The molecule has 0 radical (unpaired) electrons. The average molecular weight is 285 g/mol. The molecule has 0 aliphatic carbocycles. The van der Waals surface area contributed by atoms with Crippen LogP contribution in [0, 0.1) is 10.1 Å². The number of anilines is 1. The number of rotatable bonds is 4. The Bertz CT molecular complexity index is 453. The maximum absolute atomic E-state index is 12.0. The molecule has 1 rings (SSSR count). The zero-order chi connectivity index (χ0) is 13.9. The quantitative estimate of drug-likeness (QED) is 0.658. The number of halogens is 4. The number of alkyl halides is 3. The first-order valence-electron chi connectivity index (χ1n) is 4.64. The van der Waals surface area contributed by atoms with E-state index in [9.17, 15) is 23.3 Å². The number of aliphatic hydroxyl groups excluding tert-OH is 1. The van der Waals surface area contributed by atoms with E-state index in [2.05, 4.69) is 5.32 Å². The molecular weight excluding hydrogens is 277 g/mol. The standard InChI is InChI=1S/C9H8ClF3N2O3/c10-5-1-2-7(15(17)18)6(3-5)14-4-8(16)9(11,12)13/h1-3,8,14,16H,4H2. The summed E-state index contributed by atoms with van der Waals surface area (Å²) >= 11 is 5.58. The van der Waals surface area contributed by atoms with Crippen LogP contribution in [0.3, 0.4) is 0 Å². The Morgan fingerprint density at radius 3 is 2.61 bits per heavy atom. The minimum atomic E-state index is -4.79. The SMILES string of the molecule is O=[N+]([O-])c1ccc(Cl)cc1NCC(O)C(F)(F)F. The average Bonchev–Trinajstić information content (AvgIpc) is 2.24. The molecule has 100 valence electrons. The molecule has 0 saturated heterocycles. The number of hydrogen-bond donors (Lipinski definition) is 2. The number of benzene rings is 1. The summed E-state index contributed by atoms with van der Waals surface area (Å²) in [5, 5.41) is 21.6. The smallest absolute Gasteiger partial charge is 0.382 e. The third-order valence-corrected chi connectivity index (χ3v) is 2.25. The van der Waals surface area contributed by atoms with Crippen molar-refractivity contribution in [3.8, 4) is 0 Å². The summed E-state index contributed by atoms with van der Waals surface area (Å²) in [7, 11) is 0. The predicted molar refractivity (Wildman–Crippen MR) is 58.7 cm³/mol. The summed E-state index contributed by atoms with van der Waals surface area (Å²) in [4.78, 5) is 9.85. The maximum atomic E-state index is 12.0. The lowest BCUT2D eigenvalue weighted by molar-refractivity contribution is -0.384. The highest BCUT2D eigenvalue weighted by atomic mass is 35.5. The molecule has 5 nitrogen and oxygen atoms in total. The summed E-state index contributed by atoms with van der Waals surface area (Å²) in [6, 6.07) is 3.42. The number of nitro benzene ring substituents is 1. The number of hydrogen-bond acceptors (Lipinski definition) is 4. The lowest BCUT2D eigenvalue weighted by Gasteiger charge is -2.15. The summed E-state index contributed by atoms with van der Waals surface area (Å²) in [6.45, 7) is -0.898. The lowest BCUT2D eigenvalue weighted by atomic mass is 10.2. The second-order valence-corrected chi connectivity index (χ2v) is 3.79. The summed E-state index contributed by atoms with van der Waals surface area (Å²) in [6.07, 6.45) is -7.41. The van der Waals surface area contributed by atoms with Gasteiger partial charge in [-0.25, -0.2) is 0 Å². The van der Waals surface area contributed by atoms with Gasteiger partial charge >= 0.3 is 6.18 Å². The minimum absolute atomic E-state index is 0.129. The van der Waals surface area contributed by atoms with Crippen LogP contribution in [-0.2, 0) is 0 Å². The van der Waals surface area contributed by atoms with Crippen LogP contribution in [0.25, 0.3) is 0 Å². The maximum Gasteiger partial charge on any atom is 0.416 e. The first kappa shape index (κ1) is 14.5. The van der Waals surface area contributed by atoms with Crippen molar-refractivity contribution in [2.45, 2.75) is 12.3 Å². The van der Waals surface area contributed by atoms with Gasteiger partial charge in [0.15, 0.2) is 6.10 Å². The molecule has 9 heteroatoms. The van der Waals surface area contributed by atoms with E-state index >= 15 is 0 Å². The van der Waals surface area contributed by atoms with E-state index in [1.165, 1.54) is 6.07 Å². The molecule has 1 atom stereocenters. The monoisotopic (exact) mass is 284 g/mol. The van der Waals surface area contributed by atoms with Crippen molar-refractivity contribution in [1.82, 2.24) is 0 Å². The molecule has 1 aromatic rings. The summed E-state index contributed by atoms with van der Waals surface area (Å²) in [5.41, 5.74) is -0.607. The van der Waals surface area contributed by atoms with Gasteiger partial charge in [0.05, 0.1) is 4.92 Å². The molecule has 1 aromatic carbocycles. The van der Waals surface area contributed by atoms with Crippen molar-refractivity contribution < 1.29 is 23.2 Å². The topological polar surface area (TPSA) is 75.4 Å². The van der Waals surface area contributed by atoms with Gasteiger partial charge in [0.25, 0.3) is 5.69 Å². The van der Waals surface area contributed by atoms with Crippen molar-refractivity contribution in [3.63, 3.8) is 0 Å². The van der Waals surface area contributed by atoms with Crippen LogP contribution in [0.2, 0.25) is 5.02 Å². The van der Waals surface area contributed by atoms with Crippen molar-refractivity contribution in [2.75, 3.05) is 11.9 Å². The van der Waals surface area contributed by atoms with E-state index in [0.717, 1.165) is 12.1 Å². The van der Waals surface area contributed by atoms with E-state index in [1.54, 1.807) is 0 Å². The van der Waals surface area contributed by atoms with Gasteiger partial charge in [-0.2, -0.15) is 13.2 Å². The first-order valence-corrected chi connectivity index (χ1v) is 5.02. The van der Waals surface area contributed by atoms with Gasteiger partial charge in [-0.05, 0) is 12.1 Å². The Labute approximate surface area is 104 Å². The van der Waals surface area contributed by atoms with Crippen LogP contribution in [-0.4, -0.2) is 28.9 Å². The fraction of sp³-hybridized carbons (Fsp3) is 0.333. The Morgan fingerprint density at radius 2 is 2.11 bits per heavy atom. The highest BCUT2D eigenvalue weighted by Crippen LogP contribution is 2.28. The van der Waals surface area contributed by atoms with Gasteiger partial charge in [0.2, 0.25) is 0 Å². The molecule has 0 bridgehead atoms. The molecule has 0 heterocycles. The van der Waals surface area contributed by atoms with Crippen molar-refractivity contribution in [3.05, 3.63) is 33.3 Å². The zero-order valence-electron chi connectivity index (χ0n) is 8.74. The van der Waals surface area contributed by atoms with Crippen LogP contribution < -0.4 is 5.32 Å². The van der Waals surface area contributed by atoms with E-state index in [4.69, 9.17) is 16.7 Å². The van der Waals surface area contributed by atoms with Crippen molar-refractivity contribution >= 4 is 23.0 Å². The van der Waals surface area contributed by atoms with Crippen molar-refractivity contribution in [1.29, 1.82) is 0 Å². The molecule has 0 saturated carbocycles. The molecule has 0 aliphatic rings. The zero-order valence-corrected chi connectivity index (χ0v) is 9.50. The summed E-state index contributed by atoms with van der Waals surface area (Å²) < 4.78 is 36.1. The molecule has 2 N–H and O–H groups in total. The molecular formula is C9H8ClF3N2O3. The van der Waals surface area contributed by atoms with E-state index in [0.29, 0.717) is 0 Å². The second-order valence-electron chi connectivity index (χ2n) is 3.36. The number of nitrogens with one attached hydrogen (secondary N) is 1. The van der Waals surface area contributed by atoms with Crippen LogP contribution in [0.1, 0.15) is 0 Å². The number of nitrogens with zero attached hydrogens (tertiary/aromatic N) is 1. The van der Waals surface area contributed by atoms with Crippen LogP contribution in [0.5, 0.6) is 0 Å². The fourth-order valence-electron chi connectivity index (χ4n) is 1.13. The summed E-state index contributed by atoms with van der Waals surface area (Å²) in [5.74, 6) is 0. The van der Waals surface area contributed by atoms with Gasteiger partial charge in [-0.15, -0.1) is 0 Å². The molecule has 0 aromatic heterocycles. The highest BCUT2D eigenvalue weighted by Gasteiger charge is 2.38. The first-order chi connectivity index (χ1) is 8.21. The number of nitro groups is 1. The Kier molecular flexibility index (Phi) is 4.36. The fourth-order valence-corrected chi connectivity index (χ4v) is 1.30. The minimum Gasteiger partial charge on any atom is -0.382 e. The Balaban J connectivity index is 2.84. The van der Waals surface area contributed by atoms with Gasteiger partial charge < -0.3 is 10.4 Å². The third kappa shape index (κ3) is 3.74. The second kappa shape index (κ2) is 5.40. The third-order valence-electron chi connectivity index (χ3n) is 2.02. The van der Waals surface area contributed by atoms with Gasteiger partial charge in [0, 0.05) is 17.6 Å². The van der Waals surface area contributed by atoms with E-state index in [1.807, 2.05) is 0 Å². The van der Waals surface area contributed by atoms with Crippen LogP contribution in [0.4, 0.5) is 24.5 Å². The van der Waals surface area contributed by atoms with Crippen LogP contribution >= 0.6 is 11.6 Å². The van der Waals surface area contributed by atoms with E-state index in [-0.39, 0.29) is 10.7 Å². The van der Waals surface area contributed by atoms with Crippen molar-refractivity contribution in [2.24, 2.45) is 0 Å². The van der Waals surface area contributed by atoms with E-state index < -0.39 is 29.4 Å². The van der Waals surface area contributed by atoms with Gasteiger partial charge in [-0.1, -0.05) is 11.6 Å². The van der Waals surface area contributed by atoms with Gasteiger partial charge in [-0.3, -0.25) is 10.1 Å².